The summed E-state index contributed by atoms with van der Waals surface area (Å²) in [6.07, 6.45) is 4.69. The molecule has 7 nitrogen and oxygen atoms in total. The molecule has 140 valence electrons. The van der Waals surface area contributed by atoms with Gasteiger partial charge < -0.3 is 9.73 Å². The third kappa shape index (κ3) is 4.16. The molecule has 0 aliphatic heterocycles. The van der Waals surface area contributed by atoms with Gasteiger partial charge in [-0.3, -0.25) is 14.5 Å². The lowest BCUT2D eigenvalue weighted by molar-refractivity contribution is -0.121. The molecule has 2 heterocycles. The third-order valence-corrected chi connectivity index (χ3v) is 4.88. The Morgan fingerprint density at radius 3 is 2.89 bits per heavy atom. The summed E-state index contributed by atoms with van der Waals surface area (Å²) in [4.78, 5) is 16.4. The molecular weight excluding hydrogens is 362 g/mol. The van der Waals surface area contributed by atoms with E-state index in [1.54, 1.807) is 6.20 Å². The van der Waals surface area contributed by atoms with Gasteiger partial charge in [-0.25, -0.2) is 4.98 Å². The Balaban J connectivity index is 1.30. The Bertz CT molecular complexity index is 998. The normalized spacial score (nSPS) is 13.7. The van der Waals surface area contributed by atoms with Crippen LogP contribution in [0.2, 0.25) is 0 Å². The molecule has 2 N–H and O–H groups in total. The van der Waals surface area contributed by atoms with Crippen LogP contribution in [0, 0.1) is 11.7 Å². The molecule has 1 fully saturated rings. The molecule has 3 aromatic rings. The fourth-order valence-electron chi connectivity index (χ4n) is 2.93. The first kappa shape index (κ1) is 17.7. The van der Waals surface area contributed by atoms with Crippen LogP contribution in [0.3, 0.4) is 0 Å². The maximum absolute atomic E-state index is 12.2. The largest absolute Gasteiger partial charge is 0.441 e. The molecule has 2 aromatic heterocycles. The summed E-state index contributed by atoms with van der Waals surface area (Å²) in [6, 6.07) is 8.48. The number of aromatic nitrogens is 4. The zero-order chi connectivity index (χ0) is 18.8. The first-order chi connectivity index (χ1) is 13.1. The molecule has 8 heteroatoms. The lowest BCUT2D eigenvalue weighted by Crippen LogP contribution is -2.25. The minimum atomic E-state index is -0.0682. The number of hydrogen-bond donors (Lipinski definition) is 2. The number of carbonyl (C=O) groups excluding carboxylic acids is 1. The van der Waals surface area contributed by atoms with E-state index in [4.69, 9.17) is 16.6 Å². The molecule has 1 aliphatic carbocycles. The second-order valence-electron chi connectivity index (χ2n) is 6.81. The van der Waals surface area contributed by atoms with Gasteiger partial charge in [0.1, 0.15) is 0 Å². The molecule has 0 bridgehead atoms. The Kier molecular flexibility index (Phi) is 4.89. The van der Waals surface area contributed by atoms with Crippen LogP contribution in [0.4, 0.5) is 0 Å². The average Bonchev–Trinajstić information content (AvgIpc) is 3.26. The highest BCUT2D eigenvalue weighted by atomic mass is 32.1. The molecule has 0 atom stereocenters. The number of rotatable bonds is 7. The second kappa shape index (κ2) is 7.48. The van der Waals surface area contributed by atoms with Crippen molar-refractivity contribution in [2.45, 2.75) is 45.2 Å². The number of hydrogen-bond acceptors (Lipinski definition) is 5. The monoisotopic (exact) mass is 383 g/mol. The molecular formula is C19H21N5O2S. The van der Waals surface area contributed by atoms with Gasteiger partial charge in [-0.1, -0.05) is 29.8 Å². The molecule has 27 heavy (non-hydrogen) atoms. The third-order valence-electron chi connectivity index (χ3n) is 4.59. The van der Waals surface area contributed by atoms with E-state index in [0.29, 0.717) is 41.9 Å². The topological polar surface area (TPSA) is 88.7 Å². The number of aryl methyl sites for hydroxylation is 2. The van der Waals surface area contributed by atoms with E-state index in [9.17, 15) is 4.79 Å². The number of carbonyl (C=O) groups is 1. The van der Waals surface area contributed by atoms with Crippen molar-refractivity contribution in [2.24, 2.45) is 0 Å². The first-order valence-electron chi connectivity index (χ1n) is 9.04. The number of benzene rings is 1. The van der Waals surface area contributed by atoms with E-state index in [-0.39, 0.29) is 5.91 Å². The average molecular weight is 383 g/mol. The van der Waals surface area contributed by atoms with Gasteiger partial charge in [-0.2, -0.15) is 5.10 Å². The van der Waals surface area contributed by atoms with E-state index in [0.717, 1.165) is 24.2 Å². The summed E-state index contributed by atoms with van der Waals surface area (Å²) in [6.45, 7) is 2.40. The number of H-pyrrole nitrogens is 1. The minimum Gasteiger partial charge on any atom is -0.441 e. The van der Waals surface area contributed by atoms with E-state index in [2.05, 4.69) is 20.5 Å². The number of aromatic amines is 1. The van der Waals surface area contributed by atoms with Crippen molar-refractivity contribution in [1.29, 1.82) is 0 Å². The summed E-state index contributed by atoms with van der Waals surface area (Å²) in [5.74, 6) is 1.97. The molecule has 0 radical (unpaired) electrons. The number of nitrogens with zero attached hydrogens (tertiary/aromatic N) is 3. The zero-order valence-corrected chi connectivity index (χ0v) is 15.9. The molecule has 0 spiro atoms. The fourth-order valence-corrected chi connectivity index (χ4v) is 3.24. The van der Waals surface area contributed by atoms with Crippen molar-refractivity contribution in [1.82, 2.24) is 25.1 Å². The van der Waals surface area contributed by atoms with Crippen LogP contribution in [-0.2, 0) is 17.8 Å². The highest BCUT2D eigenvalue weighted by molar-refractivity contribution is 7.71. The second-order valence-corrected chi connectivity index (χ2v) is 7.19. The smallest absolute Gasteiger partial charge is 0.220 e. The van der Waals surface area contributed by atoms with Gasteiger partial charge in [0.2, 0.25) is 5.91 Å². The van der Waals surface area contributed by atoms with Crippen LogP contribution in [0.5, 0.6) is 0 Å². The van der Waals surface area contributed by atoms with Gasteiger partial charge in [0.25, 0.3) is 0 Å². The maximum atomic E-state index is 12.2. The summed E-state index contributed by atoms with van der Waals surface area (Å²) in [5, 5.41) is 9.90. The van der Waals surface area contributed by atoms with Crippen molar-refractivity contribution >= 4 is 18.1 Å². The molecule has 1 aliphatic rings. The van der Waals surface area contributed by atoms with Crippen molar-refractivity contribution in [3.63, 3.8) is 0 Å². The van der Waals surface area contributed by atoms with E-state index in [1.165, 1.54) is 5.56 Å². The van der Waals surface area contributed by atoms with Crippen molar-refractivity contribution in [2.75, 3.05) is 0 Å². The van der Waals surface area contributed by atoms with E-state index in [1.807, 2.05) is 35.8 Å². The molecule has 1 amide bonds. The van der Waals surface area contributed by atoms with Crippen molar-refractivity contribution < 1.29 is 9.21 Å². The summed E-state index contributed by atoms with van der Waals surface area (Å²) < 4.78 is 8.37. The quantitative estimate of drug-likeness (QED) is 0.610. The van der Waals surface area contributed by atoms with Crippen LogP contribution in [0.15, 0.2) is 34.9 Å². The SMILES string of the molecule is Cc1ccc(-c2cnc(CCC(=O)NCc3n[nH]c(=S)n3C3CC3)o2)cc1. The van der Waals surface area contributed by atoms with Gasteiger partial charge in [-0.15, -0.1) is 0 Å². The number of oxazole rings is 1. The summed E-state index contributed by atoms with van der Waals surface area (Å²) >= 11 is 5.25. The van der Waals surface area contributed by atoms with Crippen LogP contribution < -0.4 is 5.32 Å². The Morgan fingerprint density at radius 2 is 2.15 bits per heavy atom. The van der Waals surface area contributed by atoms with Crippen LogP contribution >= 0.6 is 12.2 Å². The standard InChI is InChI=1S/C19H21N5O2S/c1-12-2-4-13(5-3-12)15-10-21-18(26-15)9-8-17(25)20-11-16-22-23-19(27)24(16)14-6-7-14/h2-5,10,14H,6-9,11H2,1H3,(H,20,25)(H,23,27). The van der Waals surface area contributed by atoms with Gasteiger partial charge >= 0.3 is 0 Å². The highest BCUT2D eigenvalue weighted by Gasteiger charge is 2.27. The van der Waals surface area contributed by atoms with Gasteiger partial charge in [0.15, 0.2) is 22.2 Å². The molecule has 0 unspecified atom stereocenters. The minimum absolute atomic E-state index is 0.0682. The van der Waals surface area contributed by atoms with Crippen molar-refractivity contribution in [3.05, 3.63) is 52.5 Å². The van der Waals surface area contributed by atoms with Gasteiger partial charge in [0, 0.05) is 24.4 Å². The first-order valence-corrected chi connectivity index (χ1v) is 9.45. The van der Waals surface area contributed by atoms with E-state index >= 15 is 0 Å². The summed E-state index contributed by atoms with van der Waals surface area (Å²) in [5.41, 5.74) is 2.17. The van der Waals surface area contributed by atoms with Crippen LogP contribution in [-0.4, -0.2) is 25.7 Å². The van der Waals surface area contributed by atoms with Gasteiger partial charge in [-0.05, 0) is 32.0 Å². The lowest BCUT2D eigenvalue weighted by Gasteiger charge is -2.06. The molecule has 1 saturated carbocycles. The van der Waals surface area contributed by atoms with Gasteiger partial charge in [0.05, 0.1) is 12.7 Å². The van der Waals surface area contributed by atoms with Crippen LogP contribution in [0.25, 0.3) is 11.3 Å². The van der Waals surface area contributed by atoms with Crippen molar-refractivity contribution in [3.8, 4) is 11.3 Å². The predicted octanol–water partition coefficient (Wildman–Crippen LogP) is 3.49. The van der Waals surface area contributed by atoms with Crippen LogP contribution in [0.1, 0.15) is 42.6 Å². The fraction of sp³-hybridized carbons (Fsp3) is 0.368. The Morgan fingerprint density at radius 1 is 1.37 bits per heavy atom. The zero-order valence-electron chi connectivity index (χ0n) is 15.1. The number of amides is 1. The highest BCUT2D eigenvalue weighted by Crippen LogP contribution is 2.35. The number of nitrogens with one attached hydrogen (secondary N) is 2. The van der Waals surface area contributed by atoms with E-state index < -0.39 is 0 Å². The summed E-state index contributed by atoms with van der Waals surface area (Å²) in [7, 11) is 0. The predicted molar refractivity (Wildman–Crippen MR) is 103 cm³/mol. The maximum Gasteiger partial charge on any atom is 0.220 e. The molecule has 0 saturated heterocycles. The molecule has 4 rings (SSSR count). The Hall–Kier alpha value is -2.74. The Labute approximate surface area is 161 Å². The lowest BCUT2D eigenvalue weighted by atomic mass is 10.1. The molecule has 1 aromatic carbocycles.